The van der Waals surface area contributed by atoms with E-state index in [0.717, 1.165) is 5.69 Å². The maximum atomic E-state index is 13.6. The number of carbonyl (C=O) groups is 1. The van der Waals surface area contributed by atoms with Crippen LogP contribution < -0.4 is 5.32 Å². The van der Waals surface area contributed by atoms with Crippen LogP contribution in [0.2, 0.25) is 0 Å². The highest BCUT2D eigenvalue weighted by atomic mass is 32.2. The minimum Gasteiger partial charge on any atom is -0.295 e. The van der Waals surface area contributed by atoms with Gasteiger partial charge in [-0.2, -0.15) is 0 Å². The van der Waals surface area contributed by atoms with Crippen molar-refractivity contribution in [3.63, 3.8) is 0 Å². The van der Waals surface area contributed by atoms with E-state index in [1.807, 2.05) is 0 Å². The van der Waals surface area contributed by atoms with Crippen LogP contribution in [0, 0.1) is 12.7 Å². The number of amides is 1. The van der Waals surface area contributed by atoms with Crippen LogP contribution in [-0.2, 0) is 5.75 Å². The summed E-state index contributed by atoms with van der Waals surface area (Å²) in [5.74, 6) is -0.205. The number of carbonyl (C=O) groups excluding carboxylic acids is 1. The van der Waals surface area contributed by atoms with Gasteiger partial charge in [0.25, 0.3) is 5.91 Å². The highest BCUT2D eigenvalue weighted by Crippen LogP contribution is 2.29. The van der Waals surface area contributed by atoms with Gasteiger partial charge < -0.3 is 0 Å². The van der Waals surface area contributed by atoms with Gasteiger partial charge in [0.1, 0.15) is 11.5 Å². The minimum absolute atomic E-state index is 0.205. The monoisotopic (exact) mass is 361 g/mol. The van der Waals surface area contributed by atoms with E-state index in [1.54, 1.807) is 25.1 Å². The second kappa shape index (κ2) is 7.45. The molecule has 24 heavy (non-hydrogen) atoms. The molecule has 0 unspecified atom stereocenters. The SMILES string of the molecule is Cc1cnc(C(=O)Nc2nnc(SCc3ccccc3F)s2)cn1. The van der Waals surface area contributed by atoms with Crippen LogP contribution >= 0.6 is 23.1 Å². The molecule has 122 valence electrons. The summed E-state index contributed by atoms with van der Waals surface area (Å²) in [6.07, 6.45) is 2.92. The summed E-state index contributed by atoms with van der Waals surface area (Å²) in [5.41, 5.74) is 1.53. The maximum Gasteiger partial charge on any atom is 0.277 e. The zero-order chi connectivity index (χ0) is 16.9. The first-order chi connectivity index (χ1) is 11.6. The molecule has 0 spiro atoms. The quantitative estimate of drug-likeness (QED) is 0.555. The van der Waals surface area contributed by atoms with E-state index < -0.39 is 5.91 Å². The molecule has 0 aliphatic carbocycles. The molecular formula is C15H12FN5OS2. The Bertz CT molecular complexity index is 853. The topological polar surface area (TPSA) is 80.7 Å². The van der Waals surface area contributed by atoms with Gasteiger partial charge in [0.15, 0.2) is 4.34 Å². The van der Waals surface area contributed by atoms with Crippen molar-refractivity contribution >= 4 is 34.1 Å². The number of anilines is 1. The lowest BCUT2D eigenvalue weighted by molar-refractivity contribution is 0.102. The number of nitrogens with zero attached hydrogens (tertiary/aromatic N) is 4. The number of rotatable bonds is 5. The molecule has 0 saturated heterocycles. The van der Waals surface area contributed by atoms with Crippen molar-refractivity contribution in [1.82, 2.24) is 20.2 Å². The maximum absolute atomic E-state index is 13.6. The van der Waals surface area contributed by atoms with Crippen LogP contribution in [0.15, 0.2) is 41.0 Å². The van der Waals surface area contributed by atoms with Crippen LogP contribution in [0.3, 0.4) is 0 Å². The third kappa shape index (κ3) is 4.12. The van der Waals surface area contributed by atoms with Crippen LogP contribution in [0.25, 0.3) is 0 Å². The summed E-state index contributed by atoms with van der Waals surface area (Å²) in [5, 5.41) is 10.9. The number of aryl methyl sites for hydroxylation is 1. The molecule has 0 fully saturated rings. The average molecular weight is 361 g/mol. The fraction of sp³-hybridized carbons (Fsp3) is 0.133. The largest absolute Gasteiger partial charge is 0.295 e. The van der Waals surface area contributed by atoms with Crippen LogP contribution in [0.5, 0.6) is 0 Å². The number of thioether (sulfide) groups is 1. The molecular weight excluding hydrogens is 349 g/mol. The van der Waals surface area contributed by atoms with Crippen molar-refractivity contribution < 1.29 is 9.18 Å². The molecule has 1 N–H and O–H groups in total. The molecule has 0 saturated carbocycles. The molecule has 1 amide bonds. The van der Waals surface area contributed by atoms with Crippen molar-refractivity contribution in [3.8, 4) is 0 Å². The van der Waals surface area contributed by atoms with Crippen LogP contribution in [-0.4, -0.2) is 26.1 Å². The first-order valence-electron chi connectivity index (χ1n) is 6.91. The molecule has 1 aromatic carbocycles. The van der Waals surface area contributed by atoms with Crippen molar-refractivity contribution in [2.75, 3.05) is 5.32 Å². The number of nitrogens with one attached hydrogen (secondary N) is 1. The third-order valence-corrected chi connectivity index (χ3v) is 4.97. The van der Waals surface area contributed by atoms with E-state index in [1.165, 1.54) is 41.6 Å². The van der Waals surface area contributed by atoms with Crippen molar-refractivity contribution in [2.45, 2.75) is 17.0 Å². The van der Waals surface area contributed by atoms with Gasteiger partial charge in [0.05, 0.1) is 11.9 Å². The smallest absolute Gasteiger partial charge is 0.277 e. The predicted octanol–water partition coefficient (Wildman–Crippen LogP) is 3.32. The average Bonchev–Trinajstić information content (AvgIpc) is 3.02. The first kappa shape index (κ1) is 16.5. The van der Waals surface area contributed by atoms with E-state index in [2.05, 4.69) is 25.5 Å². The van der Waals surface area contributed by atoms with Gasteiger partial charge in [-0.15, -0.1) is 10.2 Å². The van der Waals surface area contributed by atoms with E-state index in [4.69, 9.17) is 0 Å². The molecule has 0 radical (unpaired) electrons. The number of hydrogen-bond donors (Lipinski definition) is 1. The van der Waals surface area contributed by atoms with Crippen LogP contribution in [0.4, 0.5) is 9.52 Å². The fourth-order valence-corrected chi connectivity index (χ4v) is 3.48. The van der Waals surface area contributed by atoms with Gasteiger partial charge in [-0.3, -0.25) is 15.1 Å². The Kier molecular flexibility index (Phi) is 5.11. The second-order valence-electron chi connectivity index (χ2n) is 4.75. The summed E-state index contributed by atoms with van der Waals surface area (Å²) in [4.78, 5) is 20.1. The molecule has 0 atom stereocenters. The van der Waals surface area contributed by atoms with E-state index in [9.17, 15) is 9.18 Å². The van der Waals surface area contributed by atoms with Gasteiger partial charge in [-0.1, -0.05) is 41.3 Å². The van der Waals surface area contributed by atoms with E-state index >= 15 is 0 Å². The molecule has 2 heterocycles. The van der Waals surface area contributed by atoms with Gasteiger partial charge in [0.2, 0.25) is 5.13 Å². The van der Waals surface area contributed by atoms with Crippen molar-refractivity contribution in [1.29, 1.82) is 0 Å². The summed E-state index contributed by atoms with van der Waals surface area (Å²) >= 11 is 2.58. The van der Waals surface area contributed by atoms with Crippen molar-refractivity contribution in [3.05, 3.63) is 59.4 Å². The Balaban J connectivity index is 1.60. The number of halogens is 1. The minimum atomic E-state index is -0.399. The lowest BCUT2D eigenvalue weighted by atomic mass is 10.2. The Morgan fingerprint density at radius 1 is 1.25 bits per heavy atom. The van der Waals surface area contributed by atoms with E-state index in [-0.39, 0.29) is 11.5 Å². The second-order valence-corrected chi connectivity index (χ2v) is 6.95. The Labute approximate surface area is 145 Å². The van der Waals surface area contributed by atoms with Crippen molar-refractivity contribution in [2.24, 2.45) is 0 Å². The Hall–Kier alpha value is -2.39. The molecule has 0 bridgehead atoms. The lowest BCUT2D eigenvalue weighted by Gasteiger charge is -2.00. The standard InChI is InChI=1S/C15H12FN5OS2/c1-9-6-18-12(7-17-9)13(22)19-14-20-21-15(24-14)23-8-10-4-2-3-5-11(10)16/h2-7H,8H2,1H3,(H,19,20,22). The van der Waals surface area contributed by atoms with Gasteiger partial charge in [-0.05, 0) is 18.6 Å². The highest BCUT2D eigenvalue weighted by molar-refractivity contribution is 8.00. The first-order valence-corrected chi connectivity index (χ1v) is 8.72. The summed E-state index contributed by atoms with van der Waals surface area (Å²) in [6, 6.07) is 6.58. The number of aromatic nitrogens is 4. The molecule has 0 aliphatic rings. The molecule has 3 rings (SSSR count). The molecule has 9 heteroatoms. The zero-order valence-electron chi connectivity index (χ0n) is 12.6. The predicted molar refractivity (Wildman–Crippen MR) is 90.6 cm³/mol. The lowest BCUT2D eigenvalue weighted by Crippen LogP contribution is -2.13. The third-order valence-electron chi connectivity index (χ3n) is 2.95. The van der Waals surface area contributed by atoms with Gasteiger partial charge in [0, 0.05) is 11.9 Å². The van der Waals surface area contributed by atoms with Crippen LogP contribution in [0.1, 0.15) is 21.7 Å². The van der Waals surface area contributed by atoms with Gasteiger partial charge >= 0.3 is 0 Å². The summed E-state index contributed by atoms with van der Waals surface area (Å²) in [6.45, 7) is 1.79. The number of benzene rings is 1. The normalized spacial score (nSPS) is 10.6. The highest BCUT2D eigenvalue weighted by Gasteiger charge is 2.12. The molecule has 3 aromatic rings. The van der Waals surface area contributed by atoms with E-state index in [0.29, 0.717) is 20.8 Å². The fourth-order valence-electron chi connectivity index (χ4n) is 1.74. The molecule has 0 aliphatic heterocycles. The molecule has 2 aromatic heterocycles. The number of hydrogen-bond acceptors (Lipinski definition) is 7. The summed E-state index contributed by atoms with van der Waals surface area (Å²) < 4.78 is 14.2. The zero-order valence-corrected chi connectivity index (χ0v) is 14.2. The Morgan fingerprint density at radius 2 is 2.08 bits per heavy atom. The Morgan fingerprint density at radius 3 is 2.83 bits per heavy atom. The summed E-state index contributed by atoms with van der Waals surface area (Å²) in [7, 11) is 0. The molecule has 6 nitrogen and oxygen atoms in total. The van der Waals surface area contributed by atoms with Gasteiger partial charge in [-0.25, -0.2) is 9.37 Å².